The predicted octanol–water partition coefficient (Wildman–Crippen LogP) is 3.80. The van der Waals surface area contributed by atoms with Gasteiger partial charge in [0.15, 0.2) is 0 Å². The number of rotatable bonds is 3. The molecule has 0 spiro atoms. The summed E-state index contributed by atoms with van der Waals surface area (Å²) in [5, 5.41) is 1.11. The lowest BCUT2D eigenvalue weighted by molar-refractivity contribution is 0.0783. The van der Waals surface area contributed by atoms with E-state index in [1.807, 2.05) is 19.9 Å². The number of amides is 1. The molecule has 0 unspecified atom stereocenters. The van der Waals surface area contributed by atoms with Crippen LogP contribution in [-0.2, 0) is 13.1 Å². The van der Waals surface area contributed by atoms with Crippen LogP contribution in [0.25, 0.3) is 11.1 Å². The van der Waals surface area contributed by atoms with Gasteiger partial charge >= 0.3 is 0 Å². The summed E-state index contributed by atoms with van der Waals surface area (Å²) in [6.45, 7) is 5.33. The molecule has 6 heteroatoms. The van der Waals surface area contributed by atoms with Gasteiger partial charge in [-0.2, -0.15) is 0 Å². The first-order chi connectivity index (χ1) is 11.0. The number of hydrogen-bond donors (Lipinski definition) is 1. The molecule has 0 saturated carbocycles. The number of fused-ring (bicyclic) bond motifs is 1. The minimum absolute atomic E-state index is 0.0412. The Hall–Kier alpha value is -1.62. The molecule has 0 saturated heterocycles. The highest BCUT2D eigenvalue weighted by Gasteiger charge is 2.32. The summed E-state index contributed by atoms with van der Waals surface area (Å²) in [7, 11) is 0. The molecule has 1 aromatic heterocycles. The molecule has 0 fully saturated rings. The summed E-state index contributed by atoms with van der Waals surface area (Å²) in [5.41, 5.74) is 10.8. The van der Waals surface area contributed by atoms with Crippen LogP contribution in [0, 0.1) is 6.92 Å². The smallest absolute Gasteiger partial charge is 0.273 e. The van der Waals surface area contributed by atoms with Gasteiger partial charge in [-0.05, 0) is 37.1 Å². The molecule has 1 aliphatic rings. The van der Waals surface area contributed by atoms with Crippen LogP contribution < -0.4 is 5.73 Å². The van der Waals surface area contributed by atoms with E-state index < -0.39 is 0 Å². The van der Waals surface area contributed by atoms with Crippen molar-refractivity contribution in [2.75, 3.05) is 6.54 Å². The first-order valence-corrected chi connectivity index (χ1v) is 8.20. The molecule has 23 heavy (non-hydrogen) atoms. The van der Waals surface area contributed by atoms with Gasteiger partial charge in [-0.15, -0.1) is 0 Å². The Bertz CT molecular complexity index is 805. The Morgan fingerprint density at radius 3 is 2.70 bits per heavy atom. The molecule has 2 heterocycles. The fourth-order valence-corrected chi connectivity index (χ4v) is 3.55. The number of pyridine rings is 1. The van der Waals surface area contributed by atoms with Crippen molar-refractivity contribution in [3.63, 3.8) is 0 Å². The molecule has 3 rings (SSSR count). The van der Waals surface area contributed by atoms with Crippen LogP contribution in [0.1, 0.15) is 34.2 Å². The summed E-state index contributed by atoms with van der Waals surface area (Å²) >= 11 is 12.4. The quantitative estimate of drug-likeness (QED) is 0.916. The molecular weight excluding hydrogens is 333 g/mol. The van der Waals surface area contributed by atoms with E-state index in [0.29, 0.717) is 35.4 Å². The number of carbonyl (C=O) groups is 1. The van der Waals surface area contributed by atoms with Crippen molar-refractivity contribution in [2.45, 2.75) is 26.9 Å². The van der Waals surface area contributed by atoms with Gasteiger partial charge in [0.05, 0.1) is 0 Å². The molecule has 0 bridgehead atoms. The second-order valence-electron chi connectivity index (χ2n) is 5.53. The number of aromatic nitrogens is 1. The van der Waals surface area contributed by atoms with E-state index in [2.05, 4.69) is 4.98 Å². The largest absolute Gasteiger partial charge is 0.333 e. The zero-order valence-electron chi connectivity index (χ0n) is 13.0. The third kappa shape index (κ3) is 2.61. The minimum atomic E-state index is -0.0412. The first kappa shape index (κ1) is 16.2. The number of benzene rings is 1. The van der Waals surface area contributed by atoms with Gasteiger partial charge in [-0.25, -0.2) is 4.98 Å². The highest BCUT2D eigenvalue weighted by atomic mass is 35.5. The highest BCUT2D eigenvalue weighted by Crippen LogP contribution is 2.39. The molecule has 1 aromatic carbocycles. The zero-order chi connectivity index (χ0) is 16.7. The number of carbonyl (C=O) groups excluding carboxylic acids is 1. The SMILES string of the molecule is CCN1Cc2c(nc(C)c(CN)c2-c2ccc(Cl)cc2Cl)C1=O. The van der Waals surface area contributed by atoms with Crippen LogP contribution in [-0.4, -0.2) is 22.3 Å². The van der Waals surface area contributed by atoms with Crippen LogP contribution in [0.5, 0.6) is 0 Å². The maximum Gasteiger partial charge on any atom is 0.273 e. The van der Waals surface area contributed by atoms with Gasteiger partial charge in [0.25, 0.3) is 5.91 Å². The van der Waals surface area contributed by atoms with Gasteiger partial charge in [0.2, 0.25) is 0 Å². The maximum atomic E-state index is 12.5. The maximum absolute atomic E-state index is 12.5. The second kappa shape index (κ2) is 6.11. The third-order valence-electron chi connectivity index (χ3n) is 4.23. The number of halogens is 2. The Balaban J connectivity index is 2.32. The van der Waals surface area contributed by atoms with Crippen LogP contribution in [0.2, 0.25) is 10.0 Å². The zero-order valence-corrected chi connectivity index (χ0v) is 14.5. The van der Waals surface area contributed by atoms with E-state index in [0.717, 1.165) is 27.9 Å². The van der Waals surface area contributed by atoms with Gasteiger partial charge < -0.3 is 10.6 Å². The summed E-state index contributed by atoms with van der Waals surface area (Å²) in [6.07, 6.45) is 0. The normalized spacial score (nSPS) is 13.6. The summed E-state index contributed by atoms with van der Waals surface area (Å²) in [6, 6.07) is 5.37. The summed E-state index contributed by atoms with van der Waals surface area (Å²) in [5.74, 6) is -0.0412. The van der Waals surface area contributed by atoms with Gasteiger partial charge in [-0.3, -0.25) is 4.79 Å². The van der Waals surface area contributed by atoms with E-state index in [1.165, 1.54) is 0 Å². The third-order valence-corrected chi connectivity index (χ3v) is 4.78. The fourth-order valence-electron chi connectivity index (χ4n) is 3.05. The number of hydrogen-bond acceptors (Lipinski definition) is 3. The average molecular weight is 350 g/mol. The lowest BCUT2D eigenvalue weighted by Crippen LogP contribution is -2.23. The van der Waals surface area contributed by atoms with Crippen LogP contribution in [0.15, 0.2) is 18.2 Å². The summed E-state index contributed by atoms with van der Waals surface area (Å²) < 4.78 is 0. The first-order valence-electron chi connectivity index (χ1n) is 7.45. The van der Waals surface area contributed by atoms with E-state index in [4.69, 9.17) is 28.9 Å². The topological polar surface area (TPSA) is 59.2 Å². The van der Waals surface area contributed by atoms with Crippen LogP contribution in [0.3, 0.4) is 0 Å². The fraction of sp³-hybridized carbons (Fsp3) is 0.294. The Morgan fingerprint density at radius 1 is 1.35 bits per heavy atom. The van der Waals surface area contributed by atoms with E-state index >= 15 is 0 Å². The molecule has 1 aliphatic heterocycles. The standard InChI is InChI=1S/C17H17Cl2N3O/c1-3-22-8-13-15(11-5-4-10(18)6-14(11)19)12(7-20)9(2)21-16(13)17(22)23/h4-6H,3,7-8,20H2,1-2H3. The van der Waals surface area contributed by atoms with E-state index in [9.17, 15) is 4.79 Å². The molecule has 2 aromatic rings. The van der Waals surface area contributed by atoms with Crippen molar-refractivity contribution < 1.29 is 4.79 Å². The number of nitrogens with two attached hydrogens (primary N) is 1. The molecule has 1 amide bonds. The van der Waals surface area contributed by atoms with E-state index in [-0.39, 0.29) is 5.91 Å². The van der Waals surface area contributed by atoms with E-state index in [1.54, 1.807) is 17.0 Å². The Labute approximate surface area is 145 Å². The van der Waals surface area contributed by atoms with Crippen LogP contribution in [0.4, 0.5) is 0 Å². The average Bonchev–Trinajstić information content (AvgIpc) is 2.83. The van der Waals surface area contributed by atoms with Gasteiger partial charge in [-0.1, -0.05) is 29.3 Å². The highest BCUT2D eigenvalue weighted by molar-refractivity contribution is 6.36. The molecule has 0 atom stereocenters. The molecular formula is C17H17Cl2N3O. The van der Waals surface area contributed by atoms with Crippen molar-refractivity contribution in [3.05, 3.63) is 50.8 Å². The van der Waals surface area contributed by atoms with Crippen molar-refractivity contribution >= 4 is 29.1 Å². The number of nitrogens with zero attached hydrogens (tertiary/aromatic N) is 2. The van der Waals surface area contributed by atoms with Crippen molar-refractivity contribution in [3.8, 4) is 11.1 Å². The molecule has 120 valence electrons. The predicted molar refractivity (Wildman–Crippen MR) is 92.7 cm³/mol. The monoisotopic (exact) mass is 349 g/mol. The van der Waals surface area contributed by atoms with Gasteiger partial charge in [0, 0.05) is 46.5 Å². The van der Waals surface area contributed by atoms with Crippen molar-refractivity contribution in [1.82, 2.24) is 9.88 Å². The minimum Gasteiger partial charge on any atom is -0.333 e. The second-order valence-corrected chi connectivity index (χ2v) is 6.37. The molecule has 0 aliphatic carbocycles. The van der Waals surface area contributed by atoms with Gasteiger partial charge in [0.1, 0.15) is 5.69 Å². The lowest BCUT2D eigenvalue weighted by Gasteiger charge is -2.16. The summed E-state index contributed by atoms with van der Waals surface area (Å²) in [4.78, 5) is 18.7. The van der Waals surface area contributed by atoms with Crippen LogP contribution >= 0.6 is 23.2 Å². The van der Waals surface area contributed by atoms with Crippen molar-refractivity contribution in [1.29, 1.82) is 0 Å². The Morgan fingerprint density at radius 2 is 2.09 bits per heavy atom. The molecule has 0 radical (unpaired) electrons. The number of aryl methyl sites for hydroxylation is 1. The Kier molecular flexibility index (Phi) is 4.32. The lowest BCUT2D eigenvalue weighted by atomic mass is 9.93. The molecule has 4 nitrogen and oxygen atoms in total. The molecule has 2 N–H and O–H groups in total. The van der Waals surface area contributed by atoms with Crippen molar-refractivity contribution in [2.24, 2.45) is 5.73 Å².